The second-order valence-corrected chi connectivity index (χ2v) is 5.12. The summed E-state index contributed by atoms with van der Waals surface area (Å²) in [6.45, 7) is 3.23. The van der Waals surface area contributed by atoms with Crippen molar-refractivity contribution in [3.63, 3.8) is 0 Å². The quantitative estimate of drug-likeness (QED) is 0.786. The van der Waals surface area contributed by atoms with E-state index in [1.165, 1.54) is 0 Å². The zero-order valence-electron chi connectivity index (χ0n) is 10.9. The fraction of sp³-hybridized carbons (Fsp3) is 0.286. The van der Waals surface area contributed by atoms with Crippen molar-refractivity contribution in [3.05, 3.63) is 36.0 Å². The molecule has 1 aromatic carbocycles. The van der Waals surface area contributed by atoms with Gasteiger partial charge in [0, 0.05) is 23.6 Å². The third-order valence-electron chi connectivity index (χ3n) is 3.10. The molecular weight excluding hydrogens is 244 g/mol. The zero-order valence-corrected chi connectivity index (χ0v) is 10.9. The number of benzene rings is 1. The van der Waals surface area contributed by atoms with Gasteiger partial charge >= 0.3 is 5.97 Å². The van der Waals surface area contributed by atoms with Crippen LogP contribution >= 0.6 is 0 Å². The highest BCUT2D eigenvalue weighted by molar-refractivity contribution is 6.06. The lowest BCUT2D eigenvalue weighted by molar-refractivity contribution is -0.146. The number of nitrogens with one attached hydrogen (secondary N) is 2. The van der Waals surface area contributed by atoms with Crippen LogP contribution in [0.5, 0.6) is 0 Å². The maximum atomic E-state index is 12.1. The van der Waals surface area contributed by atoms with E-state index in [4.69, 9.17) is 5.11 Å². The number of aromatic amines is 1. The van der Waals surface area contributed by atoms with Crippen LogP contribution in [0, 0.1) is 5.41 Å². The molecule has 1 amide bonds. The van der Waals surface area contributed by atoms with Gasteiger partial charge < -0.3 is 15.4 Å². The monoisotopic (exact) mass is 260 g/mol. The van der Waals surface area contributed by atoms with Crippen molar-refractivity contribution < 1.29 is 14.7 Å². The van der Waals surface area contributed by atoms with Crippen LogP contribution in [0.2, 0.25) is 0 Å². The molecule has 2 rings (SSSR count). The molecule has 0 saturated carbocycles. The predicted octanol–water partition coefficient (Wildman–Crippen LogP) is 2.01. The van der Waals surface area contributed by atoms with Gasteiger partial charge in [-0.05, 0) is 19.9 Å². The van der Waals surface area contributed by atoms with Crippen LogP contribution in [-0.2, 0) is 4.79 Å². The Labute approximate surface area is 110 Å². The number of rotatable bonds is 4. The number of carbonyl (C=O) groups is 2. The Kier molecular flexibility index (Phi) is 3.29. The third-order valence-corrected chi connectivity index (χ3v) is 3.10. The molecule has 1 heterocycles. The van der Waals surface area contributed by atoms with Crippen LogP contribution in [-0.4, -0.2) is 28.5 Å². The fourth-order valence-corrected chi connectivity index (χ4v) is 1.73. The predicted molar refractivity (Wildman–Crippen MR) is 72.0 cm³/mol. The van der Waals surface area contributed by atoms with Crippen LogP contribution in [0.15, 0.2) is 30.5 Å². The number of carboxylic acid groups (broad SMARTS) is 1. The Bertz CT molecular complexity index is 628. The van der Waals surface area contributed by atoms with E-state index >= 15 is 0 Å². The topological polar surface area (TPSA) is 82.2 Å². The molecule has 100 valence electrons. The molecule has 0 aliphatic rings. The van der Waals surface area contributed by atoms with Gasteiger partial charge in [-0.25, -0.2) is 0 Å². The number of H-pyrrole nitrogens is 1. The number of hydrogen-bond donors (Lipinski definition) is 3. The molecule has 5 heteroatoms. The average molecular weight is 260 g/mol. The fourth-order valence-electron chi connectivity index (χ4n) is 1.73. The van der Waals surface area contributed by atoms with E-state index in [1.807, 2.05) is 24.3 Å². The second kappa shape index (κ2) is 4.76. The smallest absolute Gasteiger partial charge is 0.310 e. The lowest BCUT2D eigenvalue weighted by Gasteiger charge is -2.19. The summed E-state index contributed by atoms with van der Waals surface area (Å²) >= 11 is 0. The summed E-state index contributed by atoms with van der Waals surface area (Å²) in [5.74, 6) is -1.21. The minimum absolute atomic E-state index is 0.0840. The summed E-state index contributed by atoms with van der Waals surface area (Å²) in [7, 11) is 0. The van der Waals surface area contributed by atoms with Crippen molar-refractivity contribution in [2.45, 2.75) is 13.8 Å². The number of carboxylic acids is 1. The van der Waals surface area contributed by atoms with Gasteiger partial charge in [0.15, 0.2) is 0 Å². The number of para-hydroxylation sites is 1. The zero-order chi connectivity index (χ0) is 14.0. The summed E-state index contributed by atoms with van der Waals surface area (Å²) in [6.07, 6.45) is 1.63. The van der Waals surface area contributed by atoms with Gasteiger partial charge in [0.25, 0.3) is 5.91 Å². The highest BCUT2D eigenvalue weighted by Gasteiger charge is 2.28. The first-order valence-electron chi connectivity index (χ1n) is 5.99. The van der Waals surface area contributed by atoms with E-state index < -0.39 is 11.4 Å². The summed E-state index contributed by atoms with van der Waals surface area (Å²) in [4.78, 5) is 26.1. The molecule has 5 nitrogen and oxygen atoms in total. The molecular formula is C14H16N2O3. The summed E-state index contributed by atoms with van der Waals surface area (Å²) in [6, 6.07) is 7.47. The molecule has 0 atom stereocenters. The van der Waals surface area contributed by atoms with E-state index in [0.717, 1.165) is 10.9 Å². The van der Waals surface area contributed by atoms with Crippen LogP contribution in [0.1, 0.15) is 24.2 Å². The third kappa shape index (κ3) is 2.59. The number of amides is 1. The molecule has 3 N–H and O–H groups in total. The van der Waals surface area contributed by atoms with Gasteiger partial charge in [-0.2, -0.15) is 0 Å². The van der Waals surface area contributed by atoms with Crippen LogP contribution in [0.4, 0.5) is 0 Å². The Morgan fingerprint density at radius 1 is 1.32 bits per heavy atom. The van der Waals surface area contributed by atoms with Crippen molar-refractivity contribution in [1.29, 1.82) is 0 Å². The van der Waals surface area contributed by atoms with Crippen LogP contribution in [0.3, 0.4) is 0 Å². The standard InChI is InChI=1S/C14H16N2O3/c1-14(2,13(18)19)8-16-12(17)10-7-15-11-6-4-3-5-9(10)11/h3-7,15H,8H2,1-2H3,(H,16,17)(H,18,19). The number of hydrogen-bond acceptors (Lipinski definition) is 2. The normalized spacial score (nSPS) is 11.5. The minimum Gasteiger partial charge on any atom is -0.481 e. The molecule has 0 bridgehead atoms. The molecule has 19 heavy (non-hydrogen) atoms. The SMILES string of the molecule is CC(C)(CNC(=O)c1c[nH]c2ccccc12)C(=O)O. The Hall–Kier alpha value is -2.30. The number of aromatic nitrogens is 1. The highest BCUT2D eigenvalue weighted by Crippen LogP contribution is 2.18. The maximum Gasteiger partial charge on any atom is 0.310 e. The van der Waals surface area contributed by atoms with Crippen molar-refractivity contribution in [2.75, 3.05) is 6.54 Å². The van der Waals surface area contributed by atoms with E-state index in [9.17, 15) is 9.59 Å². The number of fused-ring (bicyclic) bond motifs is 1. The number of aliphatic carboxylic acids is 1. The summed E-state index contributed by atoms with van der Waals surface area (Å²) in [5, 5.41) is 12.5. The van der Waals surface area contributed by atoms with Gasteiger partial charge in [0.05, 0.1) is 11.0 Å². The summed E-state index contributed by atoms with van der Waals surface area (Å²) < 4.78 is 0. The second-order valence-electron chi connectivity index (χ2n) is 5.12. The van der Waals surface area contributed by atoms with E-state index in [1.54, 1.807) is 20.0 Å². The first-order chi connectivity index (χ1) is 8.92. The first-order valence-corrected chi connectivity index (χ1v) is 5.99. The highest BCUT2D eigenvalue weighted by atomic mass is 16.4. The van der Waals surface area contributed by atoms with Gasteiger partial charge in [-0.3, -0.25) is 9.59 Å². The average Bonchev–Trinajstić information content (AvgIpc) is 2.79. The van der Waals surface area contributed by atoms with Gasteiger partial charge in [-0.1, -0.05) is 18.2 Å². The maximum absolute atomic E-state index is 12.1. The largest absolute Gasteiger partial charge is 0.481 e. The Morgan fingerprint density at radius 2 is 2.00 bits per heavy atom. The lowest BCUT2D eigenvalue weighted by Crippen LogP contribution is -2.38. The van der Waals surface area contributed by atoms with Crippen LogP contribution in [0.25, 0.3) is 10.9 Å². The lowest BCUT2D eigenvalue weighted by atomic mass is 9.94. The number of carbonyl (C=O) groups excluding carboxylic acids is 1. The van der Waals surface area contributed by atoms with Crippen molar-refractivity contribution >= 4 is 22.8 Å². The van der Waals surface area contributed by atoms with E-state index in [-0.39, 0.29) is 12.5 Å². The molecule has 0 saturated heterocycles. The molecule has 1 aromatic heterocycles. The van der Waals surface area contributed by atoms with E-state index in [0.29, 0.717) is 5.56 Å². The van der Waals surface area contributed by atoms with Crippen molar-refractivity contribution in [3.8, 4) is 0 Å². The molecule has 0 unspecified atom stereocenters. The van der Waals surface area contributed by atoms with Gasteiger partial charge in [0.2, 0.25) is 0 Å². The molecule has 0 aliphatic heterocycles. The first kappa shape index (κ1) is 13.1. The van der Waals surface area contributed by atoms with E-state index in [2.05, 4.69) is 10.3 Å². The van der Waals surface area contributed by atoms with Crippen LogP contribution < -0.4 is 5.32 Å². The van der Waals surface area contributed by atoms with Crippen molar-refractivity contribution in [1.82, 2.24) is 10.3 Å². The Balaban J connectivity index is 2.15. The summed E-state index contributed by atoms with van der Waals surface area (Å²) in [5.41, 5.74) is 0.420. The Morgan fingerprint density at radius 3 is 2.68 bits per heavy atom. The molecule has 0 radical (unpaired) electrons. The minimum atomic E-state index is -0.984. The molecule has 0 fully saturated rings. The molecule has 0 spiro atoms. The molecule has 0 aliphatic carbocycles. The molecule has 2 aromatic rings. The van der Waals surface area contributed by atoms with Gasteiger partial charge in [0.1, 0.15) is 0 Å². The van der Waals surface area contributed by atoms with Crippen molar-refractivity contribution in [2.24, 2.45) is 5.41 Å². The van der Waals surface area contributed by atoms with Gasteiger partial charge in [-0.15, -0.1) is 0 Å².